The Hall–Kier alpha value is -2.70. The molecule has 0 saturated carbocycles. The molecule has 5 heteroatoms. The Kier molecular flexibility index (Phi) is 6.45. The molecule has 0 amide bonds. The summed E-state index contributed by atoms with van der Waals surface area (Å²) in [6.45, 7) is 0.307. The fourth-order valence-corrected chi connectivity index (χ4v) is 4.13. The van der Waals surface area contributed by atoms with Gasteiger partial charge in [-0.2, -0.15) is 0 Å². The van der Waals surface area contributed by atoms with Crippen LogP contribution >= 0.6 is 0 Å². The number of aliphatic hydroxyl groups is 3. The summed E-state index contributed by atoms with van der Waals surface area (Å²) in [5.41, 5.74) is 2.11. The van der Waals surface area contributed by atoms with Crippen LogP contribution in [0.2, 0.25) is 0 Å². The van der Waals surface area contributed by atoms with Crippen molar-refractivity contribution in [3.63, 3.8) is 0 Å². The molecule has 1 fully saturated rings. The average Bonchev–Trinajstić information content (AvgIpc) is 3.00. The molecule has 3 aromatic carbocycles. The molecule has 0 aliphatic carbocycles. The molecular weight excluding hydrogens is 378 g/mol. The third-order valence-corrected chi connectivity index (χ3v) is 5.73. The highest BCUT2D eigenvalue weighted by atomic mass is 16.5. The number of hydrogen-bond donors (Lipinski definition) is 3. The molecule has 4 atom stereocenters. The van der Waals surface area contributed by atoms with E-state index in [1.165, 1.54) is 0 Å². The van der Waals surface area contributed by atoms with E-state index in [-0.39, 0.29) is 12.6 Å². The molecule has 30 heavy (non-hydrogen) atoms. The second kappa shape index (κ2) is 9.41. The zero-order chi connectivity index (χ0) is 20.9. The summed E-state index contributed by atoms with van der Waals surface area (Å²) < 4.78 is 5.85. The van der Waals surface area contributed by atoms with Crippen LogP contribution in [-0.4, -0.2) is 51.1 Å². The van der Waals surface area contributed by atoms with Gasteiger partial charge < -0.3 is 20.1 Å². The first-order valence-electron chi connectivity index (χ1n) is 10.2. The maximum atomic E-state index is 10.7. The molecule has 4 rings (SSSR count). The number of para-hydroxylation sites is 1. The van der Waals surface area contributed by atoms with E-state index >= 15 is 0 Å². The number of hydrogen-bond acceptors (Lipinski definition) is 5. The van der Waals surface area contributed by atoms with Gasteiger partial charge in [-0.3, -0.25) is 4.90 Å². The summed E-state index contributed by atoms with van der Waals surface area (Å²) in [6.07, 6.45) is -1.29. The van der Waals surface area contributed by atoms with Crippen molar-refractivity contribution in [2.45, 2.75) is 37.3 Å². The van der Waals surface area contributed by atoms with Crippen molar-refractivity contribution in [3.05, 3.63) is 96.1 Å². The quantitative estimate of drug-likeness (QED) is 0.564. The summed E-state index contributed by atoms with van der Waals surface area (Å²) in [4.78, 5) is 2.01. The molecule has 1 aliphatic heterocycles. The lowest BCUT2D eigenvalue weighted by Crippen LogP contribution is -2.41. The van der Waals surface area contributed by atoms with Gasteiger partial charge in [0.15, 0.2) is 0 Å². The fraction of sp³-hybridized carbons (Fsp3) is 0.280. The third-order valence-electron chi connectivity index (χ3n) is 5.73. The van der Waals surface area contributed by atoms with Crippen molar-refractivity contribution >= 4 is 0 Å². The maximum Gasteiger partial charge on any atom is 0.127 e. The fourth-order valence-electron chi connectivity index (χ4n) is 4.13. The van der Waals surface area contributed by atoms with Crippen molar-refractivity contribution in [3.8, 4) is 11.5 Å². The van der Waals surface area contributed by atoms with Gasteiger partial charge >= 0.3 is 0 Å². The molecule has 0 radical (unpaired) electrons. The van der Waals surface area contributed by atoms with E-state index in [9.17, 15) is 15.3 Å². The van der Waals surface area contributed by atoms with E-state index in [1.54, 1.807) is 0 Å². The molecule has 1 aliphatic rings. The monoisotopic (exact) mass is 405 g/mol. The van der Waals surface area contributed by atoms with Crippen LogP contribution in [-0.2, 0) is 13.0 Å². The number of aliphatic hydroxyl groups excluding tert-OH is 3. The first-order valence-corrected chi connectivity index (χ1v) is 10.2. The summed E-state index contributed by atoms with van der Waals surface area (Å²) in [7, 11) is 0. The molecule has 3 aromatic rings. The van der Waals surface area contributed by atoms with Gasteiger partial charge in [0.05, 0.1) is 24.9 Å². The zero-order valence-electron chi connectivity index (χ0n) is 16.7. The first-order chi connectivity index (χ1) is 14.7. The summed E-state index contributed by atoms with van der Waals surface area (Å²) in [6, 6.07) is 26.5. The van der Waals surface area contributed by atoms with Gasteiger partial charge in [0, 0.05) is 12.6 Å². The van der Waals surface area contributed by atoms with Crippen LogP contribution in [0.4, 0.5) is 0 Å². The molecule has 0 unspecified atom stereocenters. The molecule has 5 nitrogen and oxygen atoms in total. The van der Waals surface area contributed by atoms with Crippen LogP contribution < -0.4 is 4.74 Å². The molecule has 0 aromatic heterocycles. The van der Waals surface area contributed by atoms with Crippen molar-refractivity contribution in [2.75, 3.05) is 6.61 Å². The highest BCUT2D eigenvalue weighted by molar-refractivity contribution is 5.33. The Labute approximate surface area is 176 Å². The zero-order valence-corrected chi connectivity index (χ0v) is 16.7. The molecule has 1 saturated heterocycles. The van der Waals surface area contributed by atoms with Crippen molar-refractivity contribution in [2.24, 2.45) is 0 Å². The number of ether oxygens (including phenoxy) is 1. The van der Waals surface area contributed by atoms with Crippen LogP contribution in [0.1, 0.15) is 11.1 Å². The van der Waals surface area contributed by atoms with E-state index in [1.807, 2.05) is 89.8 Å². The minimum atomic E-state index is -0.982. The highest BCUT2D eigenvalue weighted by Crippen LogP contribution is 2.30. The lowest BCUT2D eigenvalue weighted by Gasteiger charge is -2.30. The predicted molar refractivity (Wildman–Crippen MR) is 115 cm³/mol. The van der Waals surface area contributed by atoms with Crippen molar-refractivity contribution < 1.29 is 20.1 Å². The number of rotatable bonds is 7. The number of benzene rings is 3. The Morgan fingerprint density at radius 2 is 1.23 bits per heavy atom. The second-order valence-corrected chi connectivity index (χ2v) is 7.72. The molecule has 1 heterocycles. The Morgan fingerprint density at radius 1 is 0.667 bits per heavy atom. The minimum absolute atomic E-state index is 0.210. The Bertz CT molecular complexity index is 917. The normalized spacial score (nSPS) is 24.1. The third kappa shape index (κ3) is 4.55. The molecule has 156 valence electrons. The van der Waals surface area contributed by atoms with Crippen LogP contribution in [0.5, 0.6) is 11.5 Å². The molecule has 0 bridgehead atoms. The van der Waals surface area contributed by atoms with Gasteiger partial charge in [0.25, 0.3) is 0 Å². The van der Waals surface area contributed by atoms with Gasteiger partial charge in [-0.1, -0.05) is 60.7 Å². The van der Waals surface area contributed by atoms with Crippen molar-refractivity contribution in [1.29, 1.82) is 0 Å². The highest BCUT2D eigenvalue weighted by Gasteiger charge is 2.46. The standard InChI is InChI=1S/C25H27NO4/c27-17-23-25(29)24(28)22(15-18-7-3-1-4-8-18)26(23)16-19-11-13-21(14-12-19)30-20-9-5-2-6-10-20/h1-14,22-25,27-29H,15-17H2/t22-,23+,24-,25+/m0/s1. The summed E-state index contributed by atoms with van der Waals surface area (Å²) in [5.74, 6) is 1.52. The summed E-state index contributed by atoms with van der Waals surface area (Å²) in [5, 5.41) is 31.0. The Morgan fingerprint density at radius 3 is 1.87 bits per heavy atom. The van der Waals surface area contributed by atoms with E-state index in [4.69, 9.17) is 4.74 Å². The Balaban J connectivity index is 1.49. The van der Waals surface area contributed by atoms with Crippen LogP contribution in [0.25, 0.3) is 0 Å². The molecule has 0 spiro atoms. The topological polar surface area (TPSA) is 73.2 Å². The largest absolute Gasteiger partial charge is 0.457 e. The molecular formula is C25H27NO4. The van der Waals surface area contributed by atoms with Gasteiger partial charge in [0.1, 0.15) is 11.5 Å². The van der Waals surface area contributed by atoms with E-state index in [2.05, 4.69) is 0 Å². The average molecular weight is 405 g/mol. The van der Waals surface area contributed by atoms with E-state index in [0.717, 1.165) is 22.6 Å². The van der Waals surface area contributed by atoms with Gasteiger partial charge in [0.2, 0.25) is 0 Å². The van der Waals surface area contributed by atoms with Gasteiger partial charge in [-0.25, -0.2) is 0 Å². The van der Waals surface area contributed by atoms with Crippen LogP contribution in [0.3, 0.4) is 0 Å². The van der Waals surface area contributed by atoms with E-state index < -0.39 is 18.2 Å². The first kappa shape index (κ1) is 20.6. The predicted octanol–water partition coefficient (Wildman–Crippen LogP) is 2.99. The minimum Gasteiger partial charge on any atom is -0.457 e. The number of nitrogens with zero attached hydrogens (tertiary/aromatic N) is 1. The SMILES string of the molecule is OC[C@@H]1[C@@H](O)[C@@H](O)[C@H](Cc2ccccc2)N1Cc1ccc(Oc2ccccc2)cc1. The molecule has 3 N–H and O–H groups in total. The lowest BCUT2D eigenvalue weighted by atomic mass is 10.0. The summed E-state index contributed by atoms with van der Waals surface area (Å²) >= 11 is 0. The lowest BCUT2D eigenvalue weighted by molar-refractivity contribution is 0.0178. The van der Waals surface area contributed by atoms with Crippen LogP contribution in [0.15, 0.2) is 84.9 Å². The second-order valence-electron chi connectivity index (χ2n) is 7.72. The van der Waals surface area contributed by atoms with E-state index in [0.29, 0.717) is 13.0 Å². The van der Waals surface area contributed by atoms with Gasteiger partial charge in [-0.15, -0.1) is 0 Å². The smallest absolute Gasteiger partial charge is 0.127 e. The van der Waals surface area contributed by atoms with Crippen molar-refractivity contribution in [1.82, 2.24) is 4.90 Å². The van der Waals surface area contributed by atoms with Gasteiger partial charge in [-0.05, 0) is 41.8 Å². The van der Waals surface area contributed by atoms with Crippen LogP contribution in [0, 0.1) is 0 Å². The number of likely N-dealkylation sites (tertiary alicyclic amines) is 1. The maximum absolute atomic E-state index is 10.7.